The van der Waals surface area contributed by atoms with Gasteiger partial charge >= 0.3 is 0 Å². The van der Waals surface area contributed by atoms with E-state index in [1.165, 1.54) is 25.3 Å². The molecule has 0 aliphatic heterocycles. The lowest BCUT2D eigenvalue weighted by Gasteiger charge is -2.34. The highest BCUT2D eigenvalue weighted by molar-refractivity contribution is 5.89. The van der Waals surface area contributed by atoms with Crippen molar-refractivity contribution in [2.45, 2.75) is 44.1 Å². The number of ketones is 1. The zero-order chi connectivity index (χ0) is 13.9. The largest absolute Gasteiger partial charge is 0.370 e. The Bertz CT molecular complexity index is 445. The Hall–Kier alpha value is -1.29. The predicted molar refractivity (Wildman–Crippen MR) is 67.9 cm³/mol. The first kappa shape index (κ1) is 14.1. The minimum Gasteiger partial charge on any atom is -0.370 e. The number of carbonyl (C=O) groups excluding carboxylic acids is 1. The normalized spacial score (nSPS) is 18.3. The first-order valence-corrected chi connectivity index (χ1v) is 6.60. The molecule has 1 aliphatic carbocycles. The van der Waals surface area contributed by atoms with Gasteiger partial charge in [-0.15, -0.1) is 0 Å². The zero-order valence-electron chi connectivity index (χ0n) is 11.0. The van der Waals surface area contributed by atoms with Crippen molar-refractivity contribution in [2.75, 3.05) is 7.11 Å². The maximum Gasteiger partial charge on any atom is 0.169 e. The van der Waals surface area contributed by atoms with Gasteiger partial charge in [0.05, 0.1) is 0 Å². The van der Waals surface area contributed by atoms with Gasteiger partial charge in [-0.05, 0) is 25.0 Å². The zero-order valence-corrected chi connectivity index (χ0v) is 11.0. The van der Waals surface area contributed by atoms with Crippen molar-refractivity contribution in [3.05, 3.63) is 35.4 Å². The minimum absolute atomic E-state index is 0.158. The molecule has 0 spiro atoms. The summed E-state index contributed by atoms with van der Waals surface area (Å²) in [5.74, 6) is -1.57. The fourth-order valence-corrected chi connectivity index (χ4v) is 2.74. The van der Waals surface area contributed by atoms with Gasteiger partial charge in [-0.1, -0.05) is 25.3 Å². The topological polar surface area (TPSA) is 26.3 Å². The average Bonchev–Trinajstić information content (AvgIpc) is 2.43. The lowest BCUT2D eigenvalue weighted by Crippen LogP contribution is -2.43. The second kappa shape index (κ2) is 5.78. The molecule has 1 aromatic carbocycles. The van der Waals surface area contributed by atoms with Crippen molar-refractivity contribution in [1.82, 2.24) is 0 Å². The van der Waals surface area contributed by atoms with Crippen LogP contribution in [0.15, 0.2) is 18.2 Å². The first-order valence-electron chi connectivity index (χ1n) is 6.60. The smallest absolute Gasteiger partial charge is 0.169 e. The van der Waals surface area contributed by atoms with E-state index >= 15 is 0 Å². The van der Waals surface area contributed by atoms with Crippen molar-refractivity contribution >= 4 is 5.78 Å². The van der Waals surface area contributed by atoms with E-state index in [0.29, 0.717) is 12.8 Å². The number of Topliss-reactive ketones (excluding diaryl/α,β-unsaturated/α-hetero) is 1. The molecule has 0 radical (unpaired) electrons. The van der Waals surface area contributed by atoms with E-state index in [9.17, 15) is 13.6 Å². The average molecular weight is 268 g/mol. The van der Waals surface area contributed by atoms with Crippen LogP contribution < -0.4 is 0 Å². The Kier molecular flexibility index (Phi) is 4.30. The third-order valence-corrected chi connectivity index (χ3v) is 3.96. The van der Waals surface area contributed by atoms with Crippen LogP contribution in [-0.2, 0) is 16.0 Å². The van der Waals surface area contributed by atoms with E-state index < -0.39 is 17.2 Å². The second-order valence-electron chi connectivity index (χ2n) is 5.06. The molecule has 1 aromatic rings. The molecular formula is C15H18F2O2. The van der Waals surface area contributed by atoms with Crippen LogP contribution >= 0.6 is 0 Å². The van der Waals surface area contributed by atoms with Crippen molar-refractivity contribution in [3.63, 3.8) is 0 Å². The molecule has 104 valence electrons. The van der Waals surface area contributed by atoms with E-state index in [1.54, 1.807) is 0 Å². The van der Waals surface area contributed by atoms with Crippen molar-refractivity contribution < 1.29 is 18.3 Å². The van der Waals surface area contributed by atoms with Crippen LogP contribution in [0.1, 0.15) is 37.7 Å². The highest BCUT2D eigenvalue weighted by Crippen LogP contribution is 2.33. The van der Waals surface area contributed by atoms with Crippen molar-refractivity contribution in [3.8, 4) is 0 Å². The maximum atomic E-state index is 13.6. The molecule has 0 saturated heterocycles. The summed E-state index contributed by atoms with van der Waals surface area (Å²) in [7, 11) is 1.50. The SMILES string of the molecule is COC1(C(=O)Cc2c(F)cccc2F)CCCCC1. The van der Waals surface area contributed by atoms with Crippen LogP contribution in [0, 0.1) is 11.6 Å². The molecule has 0 atom stereocenters. The highest BCUT2D eigenvalue weighted by atomic mass is 19.1. The summed E-state index contributed by atoms with van der Waals surface area (Å²) >= 11 is 0. The Balaban J connectivity index is 2.20. The first-order chi connectivity index (χ1) is 9.09. The van der Waals surface area contributed by atoms with Crippen LogP contribution in [0.25, 0.3) is 0 Å². The highest BCUT2D eigenvalue weighted by Gasteiger charge is 2.39. The number of hydrogen-bond donors (Lipinski definition) is 0. The molecule has 2 nitrogen and oxygen atoms in total. The van der Waals surface area contributed by atoms with Gasteiger partial charge in [-0.25, -0.2) is 8.78 Å². The number of methoxy groups -OCH3 is 1. The predicted octanol–water partition coefficient (Wildman–Crippen LogP) is 3.43. The van der Waals surface area contributed by atoms with Crippen LogP contribution in [0.3, 0.4) is 0 Å². The number of carbonyl (C=O) groups is 1. The van der Waals surface area contributed by atoms with Crippen LogP contribution in [-0.4, -0.2) is 18.5 Å². The Morgan fingerprint density at radius 2 is 1.79 bits per heavy atom. The fourth-order valence-electron chi connectivity index (χ4n) is 2.74. The summed E-state index contributed by atoms with van der Waals surface area (Å²) in [6.45, 7) is 0. The molecule has 4 heteroatoms. The van der Waals surface area contributed by atoms with Gasteiger partial charge in [-0.3, -0.25) is 4.79 Å². The molecule has 0 amide bonds. The van der Waals surface area contributed by atoms with E-state index in [2.05, 4.69) is 0 Å². The molecule has 0 unspecified atom stereocenters. The molecule has 1 saturated carbocycles. The molecular weight excluding hydrogens is 250 g/mol. The van der Waals surface area contributed by atoms with Crippen molar-refractivity contribution in [2.24, 2.45) is 0 Å². The third-order valence-electron chi connectivity index (χ3n) is 3.96. The second-order valence-corrected chi connectivity index (χ2v) is 5.06. The monoisotopic (exact) mass is 268 g/mol. The van der Waals surface area contributed by atoms with Crippen LogP contribution in [0.4, 0.5) is 8.78 Å². The van der Waals surface area contributed by atoms with Crippen LogP contribution in [0.2, 0.25) is 0 Å². The molecule has 1 fully saturated rings. The quantitative estimate of drug-likeness (QED) is 0.836. The van der Waals surface area contributed by atoms with Gasteiger partial charge in [0, 0.05) is 19.1 Å². The molecule has 0 heterocycles. The molecule has 19 heavy (non-hydrogen) atoms. The number of halogens is 2. The number of ether oxygens (including phenoxy) is 1. The lowest BCUT2D eigenvalue weighted by atomic mass is 9.79. The van der Waals surface area contributed by atoms with Gasteiger partial charge in [-0.2, -0.15) is 0 Å². The molecule has 1 aliphatic rings. The van der Waals surface area contributed by atoms with E-state index in [4.69, 9.17) is 4.74 Å². The molecule has 0 bridgehead atoms. The minimum atomic E-state index is -0.854. The van der Waals surface area contributed by atoms with Crippen molar-refractivity contribution in [1.29, 1.82) is 0 Å². The van der Waals surface area contributed by atoms with Crippen LogP contribution in [0.5, 0.6) is 0 Å². The molecule has 0 N–H and O–H groups in total. The summed E-state index contributed by atoms with van der Waals surface area (Å²) in [6.07, 6.45) is 3.94. The summed E-state index contributed by atoms with van der Waals surface area (Å²) in [6, 6.07) is 3.64. The standard InChI is InChI=1S/C15H18F2O2/c1-19-15(8-3-2-4-9-15)14(18)10-11-12(16)6-5-7-13(11)17/h5-7H,2-4,8-10H2,1H3. The Morgan fingerprint density at radius 1 is 1.21 bits per heavy atom. The fraction of sp³-hybridized carbons (Fsp3) is 0.533. The van der Waals surface area contributed by atoms with Gasteiger partial charge in [0.25, 0.3) is 0 Å². The summed E-state index contributed by atoms with van der Waals surface area (Å²) < 4.78 is 32.5. The van der Waals surface area contributed by atoms with E-state index in [1.807, 2.05) is 0 Å². The maximum absolute atomic E-state index is 13.6. The third kappa shape index (κ3) is 2.84. The summed E-state index contributed by atoms with van der Waals surface area (Å²) in [4.78, 5) is 12.4. The number of rotatable bonds is 4. The molecule has 0 aromatic heterocycles. The van der Waals surface area contributed by atoms with E-state index in [0.717, 1.165) is 19.3 Å². The van der Waals surface area contributed by atoms with Gasteiger partial charge in [0.2, 0.25) is 0 Å². The Labute approximate surface area is 111 Å². The van der Waals surface area contributed by atoms with Gasteiger partial charge in [0.1, 0.15) is 17.2 Å². The number of benzene rings is 1. The molecule has 2 rings (SSSR count). The number of hydrogen-bond acceptors (Lipinski definition) is 2. The van der Waals surface area contributed by atoms with Gasteiger partial charge < -0.3 is 4.74 Å². The summed E-state index contributed by atoms with van der Waals surface area (Å²) in [5.41, 5.74) is -1.01. The Morgan fingerprint density at radius 3 is 2.32 bits per heavy atom. The van der Waals surface area contributed by atoms with E-state index in [-0.39, 0.29) is 17.8 Å². The summed E-state index contributed by atoms with van der Waals surface area (Å²) in [5, 5.41) is 0. The lowest BCUT2D eigenvalue weighted by molar-refractivity contribution is -0.144. The van der Waals surface area contributed by atoms with Gasteiger partial charge in [0.15, 0.2) is 5.78 Å².